The highest BCUT2D eigenvalue weighted by atomic mass is 35.5. The Bertz CT molecular complexity index is 2420. The summed E-state index contributed by atoms with van der Waals surface area (Å²) in [5, 5.41) is 6.08. The maximum absolute atomic E-state index is 12.6. The number of ether oxygens (including phenoxy) is 2. The average molecular weight is 860 g/mol. The highest BCUT2D eigenvalue weighted by molar-refractivity contribution is 7.19. The molecule has 0 fully saturated rings. The summed E-state index contributed by atoms with van der Waals surface area (Å²) in [5.41, 5.74) is 5.00. The molecule has 0 radical (unpaired) electrons. The minimum absolute atomic E-state index is 0.00579. The fourth-order valence-electron chi connectivity index (χ4n) is 7.86. The number of carbonyl (C=O) groups excluding carboxylic acids is 3. The van der Waals surface area contributed by atoms with Crippen LogP contribution >= 0.6 is 34.3 Å². The van der Waals surface area contributed by atoms with E-state index in [-0.39, 0.29) is 29.6 Å². The van der Waals surface area contributed by atoms with E-state index < -0.39 is 5.60 Å². The Balaban J connectivity index is 0.000000231. The van der Waals surface area contributed by atoms with Crippen LogP contribution in [0.15, 0.2) is 29.8 Å². The van der Waals surface area contributed by atoms with Crippen LogP contribution in [0.25, 0.3) is 20.4 Å². The number of unbranched alkanes of at least 4 members (excludes halogenated alkanes) is 1. The molecule has 3 aliphatic rings. The first-order valence-electron chi connectivity index (χ1n) is 20.0. The van der Waals surface area contributed by atoms with Crippen molar-refractivity contribution < 1.29 is 23.9 Å². The summed E-state index contributed by atoms with van der Waals surface area (Å²) >= 11 is 9.46. The molecule has 5 heterocycles. The molecule has 16 heteroatoms. The van der Waals surface area contributed by atoms with Crippen molar-refractivity contribution in [3.05, 3.63) is 61.9 Å². The zero-order valence-electron chi connectivity index (χ0n) is 34.7. The molecule has 1 aliphatic heterocycles. The van der Waals surface area contributed by atoms with Crippen LogP contribution in [-0.2, 0) is 51.3 Å². The van der Waals surface area contributed by atoms with Crippen LogP contribution in [0, 0.1) is 11.8 Å². The molecule has 1 aromatic carbocycles. The second-order valence-electron chi connectivity index (χ2n) is 16.6. The number of aryl methyl sites for hydroxylation is 2. The van der Waals surface area contributed by atoms with E-state index in [1.165, 1.54) is 27.2 Å². The van der Waals surface area contributed by atoms with Gasteiger partial charge in [-0.05, 0) is 107 Å². The Morgan fingerprint density at radius 3 is 2.08 bits per heavy atom. The molecule has 312 valence electrons. The third-order valence-electron chi connectivity index (χ3n) is 10.7. The van der Waals surface area contributed by atoms with E-state index in [4.69, 9.17) is 21.1 Å². The number of benzene rings is 1. The van der Waals surface area contributed by atoms with E-state index in [9.17, 15) is 14.4 Å². The van der Waals surface area contributed by atoms with E-state index in [2.05, 4.69) is 36.3 Å². The molecule has 0 bridgehead atoms. The van der Waals surface area contributed by atoms with Gasteiger partial charge in [-0.1, -0.05) is 11.6 Å². The second-order valence-corrected chi connectivity index (χ2v) is 19.2. The highest BCUT2D eigenvalue weighted by Gasteiger charge is 2.31. The average Bonchev–Trinajstić information content (AvgIpc) is 3.91. The number of nitrogens with one attached hydrogen (secondary N) is 1. The molecule has 2 aliphatic carbocycles. The quantitative estimate of drug-likeness (QED) is 0.0831. The number of esters is 1. The van der Waals surface area contributed by atoms with Crippen molar-refractivity contribution in [1.29, 1.82) is 0 Å². The Kier molecular flexibility index (Phi) is 12.8. The van der Waals surface area contributed by atoms with Gasteiger partial charge in [-0.25, -0.2) is 19.9 Å². The Morgan fingerprint density at radius 1 is 0.847 bits per heavy atom. The molecule has 8 rings (SSSR count). The molecule has 5 aromatic rings. The molecular weight excluding hydrogens is 808 g/mol. The van der Waals surface area contributed by atoms with Gasteiger partial charge >= 0.3 is 5.97 Å². The zero-order chi connectivity index (χ0) is 42.0. The van der Waals surface area contributed by atoms with Crippen LogP contribution in [0.4, 0.5) is 11.5 Å². The molecule has 2 atom stereocenters. The predicted octanol–water partition coefficient (Wildman–Crippen LogP) is 7.99. The van der Waals surface area contributed by atoms with Gasteiger partial charge in [0.1, 0.15) is 44.6 Å². The summed E-state index contributed by atoms with van der Waals surface area (Å²) in [4.78, 5) is 66.3. The first-order chi connectivity index (χ1) is 28.2. The minimum Gasteiger partial charge on any atom is -0.491 e. The highest BCUT2D eigenvalue weighted by Crippen LogP contribution is 2.43. The monoisotopic (exact) mass is 858 g/mol. The first kappa shape index (κ1) is 42.4. The summed E-state index contributed by atoms with van der Waals surface area (Å²) in [7, 11) is 7.26. The topological polar surface area (TPSA) is 152 Å². The fourth-order valence-corrected chi connectivity index (χ4v) is 10.7. The molecule has 59 heavy (non-hydrogen) atoms. The van der Waals surface area contributed by atoms with Crippen molar-refractivity contribution >= 4 is 90.2 Å². The molecule has 0 saturated heterocycles. The van der Waals surface area contributed by atoms with E-state index in [1.54, 1.807) is 38.8 Å². The lowest BCUT2D eigenvalue weighted by Gasteiger charge is -2.24. The van der Waals surface area contributed by atoms with Crippen molar-refractivity contribution in [1.82, 2.24) is 29.7 Å². The number of anilines is 2. The lowest BCUT2D eigenvalue weighted by molar-refractivity contribution is -0.155. The molecule has 13 nitrogen and oxygen atoms in total. The summed E-state index contributed by atoms with van der Waals surface area (Å²) in [6, 6.07) is 4.10. The van der Waals surface area contributed by atoms with Gasteiger partial charge in [0.05, 0.1) is 29.6 Å². The Labute approximate surface area is 357 Å². The lowest BCUT2D eigenvalue weighted by Crippen LogP contribution is -2.32. The fraction of sp³-hybridized carbons (Fsp3) is 0.488. The van der Waals surface area contributed by atoms with Gasteiger partial charge < -0.3 is 24.6 Å². The Hall–Kier alpha value is -4.73. The lowest BCUT2D eigenvalue weighted by atomic mass is 9.87. The van der Waals surface area contributed by atoms with Gasteiger partial charge in [0.15, 0.2) is 0 Å². The van der Waals surface area contributed by atoms with Crippen LogP contribution in [0.1, 0.15) is 84.9 Å². The Morgan fingerprint density at radius 2 is 1.46 bits per heavy atom. The number of thiophene rings is 2. The van der Waals surface area contributed by atoms with Gasteiger partial charge in [-0.15, -0.1) is 22.7 Å². The number of hydrogen-bond donors (Lipinski definition) is 1. The van der Waals surface area contributed by atoms with E-state index >= 15 is 0 Å². The summed E-state index contributed by atoms with van der Waals surface area (Å²) < 4.78 is 11.6. The van der Waals surface area contributed by atoms with E-state index in [1.807, 2.05) is 61.2 Å². The number of nitrogens with zero attached hydrogens (tertiary/aromatic N) is 7. The van der Waals surface area contributed by atoms with Crippen LogP contribution in [-0.4, -0.2) is 94.1 Å². The molecule has 0 spiro atoms. The van der Waals surface area contributed by atoms with E-state index in [0.717, 1.165) is 93.8 Å². The van der Waals surface area contributed by atoms with Gasteiger partial charge in [-0.3, -0.25) is 19.4 Å². The number of rotatable bonds is 10. The molecule has 2 amide bonds. The van der Waals surface area contributed by atoms with Gasteiger partial charge in [-0.2, -0.15) is 0 Å². The van der Waals surface area contributed by atoms with Crippen molar-refractivity contribution in [3.63, 3.8) is 0 Å². The summed E-state index contributed by atoms with van der Waals surface area (Å²) in [6.07, 6.45) is 11.7. The molecule has 1 N–H and O–H groups in total. The van der Waals surface area contributed by atoms with Crippen molar-refractivity contribution in [3.8, 4) is 5.75 Å². The SMILES string of the molecule is CN(C)C(=O)[C@H]1CCc2c(sc3ncnc(Cl)c23)C1.CN(C)C(=O)[C@H]1CCc2c(sc3ncnc(Nc4cc5c(cc4OCCCCC(=O)OC(C)(C)C)CN=C5)c23)C1. The van der Waals surface area contributed by atoms with Crippen LogP contribution in [0.3, 0.4) is 0 Å². The number of aromatic nitrogens is 4. The smallest absolute Gasteiger partial charge is 0.306 e. The van der Waals surface area contributed by atoms with E-state index in [0.29, 0.717) is 31.1 Å². The van der Waals surface area contributed by atoms with Gasteiger partial charge in [0.25, 0.3) is 0 Å². The van der Waals surface area contributed by atoms with Crippen LogP contribution in [0.2, 0.25) is 5.15 Å². The maximum Gasteiger partial charge on any atom is 0.306 e. The largest absolute Gasteiger partial charge is 0.491 e. The van der Waals surface area contributed by atoms with Crippen LogP contribution < -0.4 is 10.1 Å². The third kappa shape index (κ3) is 9.68. The van der Waals surface area contributed by atoms with Gasteiger partial charge in [0.2, 0.25) is 11.8 Å². The number of carbonyl (C=O) groups is 3. The number of amides is 2. The standard InChI is InChI=1S/C30H37N5O4S.C13H14ClN3OS/c1-30(2,3)39-25(36)8-6-7-11-38-23-13-20-16-31-15-19(20)12-22(23)34-27-26-21-10-9-18(29(37)35(4)5)14-24(21)40-28(26)33-17-32-27;1-17(2)13(18)7-3-4-8-9(5-7)19-12-10(8)11(14)15-6-16-12/h12-13,15,17-18H,6-11,14,16H2,1-5H3,(H,32,33,34);6-7H,3-5H2,1-2H3/t18-;7-/m00/s1. The minimum atomic E-state index is -0.472. The summed E-state index contributed by atoms with van der Waals surface area (Å²) in [6.45, 7) is 6.74. The molecule has 4 aromatic heterocycles. The maximum atomic E-state index is 12.6. The number of fused-ring (bicyclic) bond motifs is 7. The van der Waals surface area contributed by atoms with Crippen molar-refractivity contribution in [2.45, 2.75) is 90.7 Å². The van der Waals surface area contributed by atoms with Crippen molar-refractivity contribution in [2.75, 3.05) is 40.1 Å². The number of aliphatic imine (C=N–C) groups is 1. The third-order valence-corrected chi connectivity index (χ3v) is 13.3. The number of hydrogen-bond acceptors (Lipinski definition) is 13. The van der Waals surface area contributed by atoms with Crippen molar-refractivity contribution in [2.24, 2.45) is 16.8 Å². The zero-order valence-corrected chi connectivity index (χ0v) is 37.1. The number of halogens is 1. The van der Waals surface area contributed by atoms with Crippen LogP contribution in [0.5, 0.6) is 5.75 Å². The first-order valence-corrected chi connectivity index (χ1v) is 22.0. The molecule has 0 saturated carbocycles. The van der Waals surface area contributed by atoms with Gasteiger partial charge in [0, 0.05) is 62.4 Å². The normalized spacial score (nSPS) is 16.7. The predicted molar refractivity (Wildman–Crippen MR) is 234 cm³/mol. The molecular formula is C43H51ClN8O5S2. The second kappa shape index (κ2) is 17.9. The summed E-state index contributed by atoms with van der Waals surface area (Å²) in [5.74, 6) is 1.77. The molecule has 0 unspecified atom stereocenters.